The minimum atomic E-state index is -5.22. The topological polar surface area (TPSA) is 115 Å². The lowest BCUT2D eigenvalue weighted by atomic mass is 9.84. The number of aromatic hydroxyl groups is 1. The molecule has 5 rings (SSSR count). The van der Waals surface area contributed by atoms with Crippen LogP contribution in [0.2, 0.25) is 0 Å². The Morgan fingerprint density at radius 1 is 0.841 bits per heavy atom. The van der Waals surface area contributed by atoms with E-state index in [0.29, 0.717) is 15.8 Å². The molecule has 14 heteroatoms. The normalized spacial score (nSPS) is 16.5. The molecule has 1 aliphatic heterocycles. The molecule has 0 aromatic heterocycles. The number of benzene rings is 3. The minimum Gasteiger partial charge on any atom is -0.507 e. The maximum atomic E-state index is 14.3. The Balaban J connectivity index is 1.40. The quantitative estimate of drug-likeness (QED) is 0.186. The van der Waals surface area contributed by atoms with Crippen LogP contribution in [0.3, 0.4) is 0 Å². The van der Waals surface area contributed by atoms with Crippen LogP contribution in [-0.2, 0) is 21.4 Å². The summed E-state index contributed by atoms with van der Waals surface area (Å²) in [5.41, 5.74) is 1.50. The number of rotatable bonds is 8. The van der Waals surface area contributed by atoms with E-state index in [-0.39, 0.29) is 12.2 Å². The largest absolute Gasteiger partial charge is 0.507 e. The van der Waals surface area contributed by atoms with Crippen LogP contribution in [0.4, 0.5) is 27.6 Å². The summed E-state index contributed by atoms with van der Waals surface area (Å²) >= 11 is 0. The number of hydrogen-bond donors (Lipinski definition) is 2. The van der Waals surface area contributed by atoms with Gasteiger partial charge in [-0.1, -0.05) is 43.5 Å². The van der Waals surface area contributed by atoms with E-state index in [9.17, 15) is 50.2 Å². The first kappa shape index (κ1) is 31.4. The van der Waals surface area contributed by atoms with Crippen molar-refractivity contribution in [2.24, 2.45) is 5.92 Å². The van der Waals surface area contributed by atoms with Crippen molar-refractivity contribution < 1.29 is 50.2 Å². The Morgan fingerprint density at radius 3 is 1.95 bits per heavy atom. The molecule has 1 amide bonds. The predicted octanol–water partition coefficient (Wildman–Crippen LogP) is 5.69. The lowest BCUT2D eigenvalue weighted by Crippen LogP contribution is -2.56. The van der Waals surface area contributed by atoms with Gasteiger partial charge in [-0.2, -0.15) is 4.31 Å². The Hall–Kier alpha value is -4.04. The van der Waals surface area contributed by atoms with Crippen molar-refractivity contribution in [3.63, 3.8) is 0 Å². The van der Waals surface area contributed by atoms with Gasteiger partial charge >= 0.3 is 5.97 Å². The summed E-state index contributed by atoms with van der Waals surface area (Å²) in [6.45, 7) is -1.32. The van der Waals surface area contributed by atoms with E-state index >= 15 is 0 Å². The summed E-state index contributed by atoms with van der Waals surface area (Å²) in [4.78, 5) is 24.2. The van der Waals surface area contributed by atoms with Gasteiger partial charge in [-0.15, -0.1) is 0 Å². The van der Waals surface area contributed by atoms with E-state index in [1.807, 2.05) is 24.3 Å². The molecule has 0 radical (unpaired) electrons. The molecule has 2 N–H and O–H groups in total. The van der Waals surface area contributed by atoms with E-state index < -0.39 is 86.2 Å². The van der Waals surface area contributed by atoms with Gasteiger partial charge in [-0.05, 0) is 42.0 Å². The number of carbonyl (C=O) groups is 2. The van der Waals surface area contributed by atoms with Crippen molar-refractivity contribution in [1.82, 2.24) is 4.31 Å². The summed E-state index contributed by atoms with van der Waals surface area (Å²) < 4.78 is 95.5. The molecule has 2 aliphatic rings. The van der Waals surface area contributed by atoms with Crippen LogP contribution in [0, 0.1) is 35.0 Å². The van der Waals surface area contributed by atoms with E-state index in [0.717, 1.165) is 43.4 Å². The van der Waals surface area contributed by atoms with Gasteiger partial charge in [0.05, 0.1) is 12.5 Å². The molecular formula is C30H27F5N2O6S. The monoisotopic (exact) mass is 638 g/mol. The molecule has 0 unspecified atom stereocenters. The van der Waals surface area contributed by atoms with Crippen molar-refractivity contribution >= 4 is 27.6 Å². The zero-order chi connectivity index (χ0) is 31.9. The molecule has 0 atom stereocenters. The Bertz CT molecular complexity index is 1690. The molecule has 44 heavy (non-hydrogen) atoms. The molecule has 0 spiro atoms. The van der Waals surface area contributed by atoms with Crippen LogP contribution in [-0.4, -0.2) is 47.9 Å². The number of carboxylic acid groups (broad SMARTS) is 1. The number of anilines is 1. The van der Waals surface area contributed by atoms with Gasteiger partial charge in [-0.3, -0.25) is 4.79 Å². The summed E-state index contributed by atoms with van der Waals surface area (Å²) in [5.74, 6) is -15.7. The van der Waals surface area contributed by atoms with Crippen LogP contribution in [0.1, 0.15) is 59.5 Å². The Morgan fingerprint density at radius 2 is 1.41 bits per heavy atom. The van der Waals surface area contributed by atoms with Gasteiger partial charge in [0.15, 0.2) is 28.2 Å². The molecule has 8 nitrogen and oxygen atoms in total. The Kier molecular flexibility index (Phi) is 8.67. The number of amides is 1. The smallest absolute Gasteiger partial charge is 0.339 e. The zero-order valence-electron chi connectivity index (χ0n) is 23.1. The average molecular weight is 639 g/mol. The predicted molar refractivity (Wildman–Crippen MR) is 147 cm³/mol. The van der Waals surface area contributed by atoms with E-state index in [2.05, 4.69) is 0 Å². The number of carbonyl (C=O) groups excluding carboxylic acids is 1. The van der Waals surface area contributed by atoms with E-state index in [1.54, 1.807) is 0 Å². The maximum absolute atomic E-state index is 14.3. The zero-order valence-corrected chi connectivity index (χ0v) is 23.9. The molecule has 2 fully saturated rings. The number of carboxylic acids is 1. The van der Waals surface area contributed by atoms with Crippen LogP contribution < -0.4 is 4.90 Å². The minimum absolute atomic E-state index is 0.0590. The fourth-order valence-corrected chi connectivity index (χ4v) is 7.27. The van der Waals surface area contributed by atoms with E-state index in [1.165, 1.54) is 17.4 Å². The first-order valence-electron chi connectivity index (χ1n) is 13.8. The highest BCUT2D eigenvalue weighted by Gasteiger charge is 2.46. The van der Waals surface area contributed by atoms with Crippen LogP contribution in [0.15, 0.2) is 47.4 Å². The first-order valence-corrected chi connectivity index (χ1v) is 15.2. The lowest BCUT2D eigenvalue weighted by Gasteiger charge is -2.39. The van der Waals surface area contributed by atoms with Crippen molar-refractivity contribution in [2.45, 2.75) is 49.5 Å². The lowest BCUT2D eigenvalue weighted by molar-refractivity contribution is -0.125. The molecule has 0 bridgehead atoms. The second-order valence-electron chi connectivity index (χ2n) is 10.9. The highest BCUT2D eigenvalue weighted by atomic mass is 32.2. The summed E-state index contributed by atoms with van der Waals surface area (Å²) in [7, 11) is -5.22. The highest BCUT2D eigenvalue weighted by Crippen LogP contribution is 2.36. The summed E-state index contributed by atoms with van der Waals surface area (Å²) in [6, 6.07) is 11.0. The van der Waals surface area contributed by atoms with Crippen molar-refractivity contribution in [3.05, 3.63) is 88.2 Å². The van der Waals surface area contributed by atoms with Crippen molar-refractivity contribution in [1.29, 1.82) is 0 Å². The van der Waals surface area contributed by atoms with E-state index in [4.69, 9.17) is 0 Å². The third kappa shape index (κ3) is 5.75. The second-order valence-corrected chi connectivity index (χ2v) is 12.8. The number of hydrogen-bond acceptors (Lipinski definition) is 5. The van der Waals surface area contributed by atoms with Gasteiger partial charge in [0.2, 0.25) is 21.7 Å². The molecule has 1 saturated carbocycles. The van der Waals surface area contributed by atoms with Gasteiger partial charge in [0.1, 0.15) is 11.3 Å². The summed E-state index contributed by atoms with van der Waals surface area (Å²) in [5, 5.41) is 19.5. The van der Waals surface area contributed by atoms with Gasteiger partial charge < -0.3 is 15.1 Å². The highest BCUT2D eigenvalue weighted by molar-refractivity contribution is 7.89. The molecular weight excluding hydrogens is 611 g/mol. The van der Waals surface area contributed by atoms with Crippen LogP contribution in [0.25, 0.3) is 0 Å². The number of nitrogens with zero attached hydrogens (tertiary/aromatic N) is 2. The SMILES string of the molecule is O=C(O)c1ccc(N(Cc2ccc(C3CCCCC3)cc2)C(=O)C2CN(S(=O)(=O)c3c(F)c(F)c(F)c(F)c3F)C2)cc1O. The second kappa shape index (κ2) is 12.2. The molecule has 1 saturated heterocycles. The van der Waals surface area contributed by atoms with Crippen LogP contribution in [0.5, 0.6) is 5.75 Å². The first-order chi connectivity index (χ1) is 20.8. The number of aromatic carboxylic acids is 1. The fourth-order valence-electron chi connectivity index (χ4n) is 5.63. The molecule has 3 aromatic rings. The Labute approximate surface area is 249 Å². The fraction of sp³-hybridized carbons (Fsp3) is 0.333. The third-order valence-corrected chi connectivity index (χ3v) is 10.0. The van der Waals surface area contributed by atoms with Gasteiger partial charge in [0, 0.05) is 24.8 Å². The van der Waals surface area contributed by atoms with Crippen molar-refractivity contribution in [2.75, 3.05) is 18.0 Å². The van der Waals surface area contributed by atoms with Gasteiger partial charge in [-0.25, -0.2) is 35.2 Å². The molecule has 1 aliphatic carbocycles. The average Bonchev–Trinajstić information content (AvgIpc) is 2.97. The van der Waals surface area contributed by atoms with Crippen LogP contribution >= 0.6 is 0 Å². The number of phenols is 1. The third-order valence-electron chi connectivity index (χ3n) is 8.15. The van der Waals surface area contributed by atoms with Gasteiger partial charge in [0.25, 0.3) is 0 Å². The summed E-state index contributed by atoms with van der Waals surface area (Å²) in [6.07, 6.45) is 5.63. The number of sulfonamides is 1. The maximum Gasteiger partial charge on any atom is 0.339 e. The molecule has 3 aromatic carbocycles. The standard InChI is InChI=1S/C30H27F5N2O6S/c31-23-24(32)26(34)28(27(35)25(23)33)44(42,43)36-14-19(15-36)29(39)37(20-10-11-21(30(40)41)22(38)12-20)13-16-6-8-18(9-7-16)17-4-2-1-3-5-17/h6-12,17,19,38H,1-5,13-15H2,(H,40,41). The molecule has 234 valence electrons. The van der Waals surface area contributed by atoms with Crippen molar-refractivity contribution in [3.8, 4) is 5.75 Å². The number of halogens is 5. The molecule has 1 heterocycles.